The van der Waals surface area contributed by atoms with Gasteiger partial charge in [0.1, 0.15) is 0 Å². The summed E-state index contributed by atoms with van der Waals surface area (Å²) < 4.78 is 39.2. The number of likely N-dealkylation sites (N-methyl/N-ethyl adjacent to an activating group) is 1. The fourth-order valence-corrected chi connectivity index (χ4v) is 2.80. The van der Waals surface area contributed by atoms with Gasteiger partial charge in [0, 0.05) is 20.6 Å². The molecule has 1 unspecified atom stereocenters. The summed E-state index contributed by atoms with van der Waals surface area (Å²) in [6.07, 6.45) is -4.49. The highest BCUT2D eigenvalue weighted by molar-refractivity contribution is 5.93. The molecule has 0 aliphatic rings. The first-order valence-corrected chi connectivity index (χ1v) is 8.73. The summed E-state index contributed by atoms with van der Waals surface area (Å²) in [7, 11) is 7.16. The Hall–Kier alpha value is -2.74. The van der Waals surface area contributed by atoms with Crippen LogP contribution in [0.15, 0.2) is 48.5 Å². The third-order valence-electron chi connectivity index (χ3n) is 4.11. The van der Waals surface area contributed by atoms with Crippen molar-refractivity contribution in [3.05, 3.63) is 59.7 Å². The summed E-state index contributed by atoms with van der Waals surface area (Å²) in [4.78, 5) is 16.1. The van der Waals surface area contributed by atoms with E-state index in [1.54, 1.807) is 19.0 Å². The number of hydrogen-bond donors (Lipinski definition) is 2. The van der Waals surface area contributed by atoms with E-state index in [0.717, 1.165) is 17.7 Å². The third kappa shape index (κ3) is 5.88. The SMILES string of the molecule is CN(C)CC(NC(=O)Nc1cc(C(F)(F)F)ccc1N(C)C)c1ccccc1. The van der Waals surface area contributed by atoms with Gasteiger partial charge in [-0.25, -0.2) is 4.79 Å². The van der Waals surface area contributed by atoms with Crippen LogP contribution in [0.4, 0.5) is 29.3 Å². The molecule has 1 atom stereocenters. The quantitative estimate of drug-likeness (QED) is 0.772. The van der Waals surface area contributed by atoms with Crippen LogP contribution in [0.25, 0.3) is 0 Å². The summed E-state index contributed by atoms with van der Waals surface area (Å²) in [6, 6.07) is 11.8. The zero-order valence-corrected chi connectivity index (χ0v) is 16.3. The normalized spacial score (nSPS) is 12.6. The van der Waals surface area contributed by atoms with Gasteiger partial charge in [-0.3, -0.25) is 0 Å². The number of amides is 2. The molecule has 28 heavy (non-hydrogen) atoms. The number of nitrogens with one attached hydrogen (secondary N) is 2. The zero-order chi connectivity index (χ0) is 20.9. The molecule has 0 aromatic heterocycles. The van der Waals surface area contributed by atoms with Gasteiger partial charge < -0.3 is 20.4 Å². The van der Waals surface area contributed by atoms with Crippen LogP contribution in [-0.4, -0.2) is 45.7 Å². The second-order valence-electron chi connectivity index (χ2n) is 6.95. The number of benzene rings is 2. The van der Waals surface area contributed by atoms with Crippen LogP contribution in [-0.2, 0) is 6.18 Å². The molecule has 0 spiro atoms. The molecule has 0 fully saturated rings. The largest absolute Gasteiger partial charge is 0.416 e. The van der Waals surface area contributed by atoms with Crippen LogP contribution >= 0.6 is 0 Å². The molecule has 152 valence electrons. The van der Waals surface area contributed by atoms with E-state index in [1.807, 2.05) is 49.3 Å². The average Bonchev–Trinajstić information content (AvgIpc) is 2.60. The van der Waals surface area contributed by atoms with Crippen LogP contribution in [0, 0.1) is 0 Å². The number of rotatable bonds is 6. The van der Waals surface area contributed by atoms with Gasteiger partial charge in [0.05, 0.1) is 23.0 Å². The van der Waals surface area contributed by atoms with Crippen molar-refractivity contribution < 1.29 is 18.0 Å². The van der Waals surface area contributed by atoms with Crippen LogP contribution in [0.5, 0.6) is 0 Å². The van der Waals surface area contributed by atoms with Gasteiger partial charge in [0.2, 0.25) is 0 Å². The number of nitrogens with zero attached hydrogens (tertiary/aromatic N) is 2. The Morgan fingerprint density at radius 3 is 2.21 bits per heavy atom. The number of carbonyl (C=O) groups is 1. The second-order valence-corrected chi connectivity index (χ2v) is 6.95. The Kier molecular flexibility index (Phi) is 6.90. The first kappa shape index (κ1) is 21.6. The maximum absolute atomic E-state index is 13.1. The number of anilines is 2. The summed E-state index contributed by atoms with van der Waals surface area (Å²) in [5.74, 6) is 0. The molecule has 0 aliphatic heterocycles. The van der Waals surface area contributed by atoms with E-state index < -0.39 is 17.8 Å². The molecule has 0 heterocycles. The number of alkyl halides is 3. The molecule has 5 nitrogen and oxygen atoms in total. The van der Waals surface area contributed by atoms with E-state index in [-0.39, 0.29) is 11.7 Å². The van der Waals surface area contributed by atoms with E-state index in [2.05, 4.69) is 10.6 Å². The lowest BCUT2D eigenvalue weighted by molar-refractivity contribution is -0.137. The van der Waals surface area contributed by atoms with Crippen LogP contribution in [0.2, 0.25) is 0 Å². The molecule has 2 rings (SSSR count). The molecule has 0 saturated carbocycles. The Labute approximate surface area is 163 Å². The minimum atomic E-state index is -4.49. The average molecular weight is 394 g/mol. The van der Waals surface area contributed by atoms with Crippen molar-refractivity contribution in [2.24, 2.45) is 0 Å². The molecule has 2 aromatic carbocycles. The molecular weight excluding hydrogens is 369 g/mol. The predicted octanol–water partition coefficient (Wildman–Crippen LogP) is 4.20. The third-order valence-corrected chi connectivity index (χ3v) is 4.11. The first-order valence-electron chi connectivity index (χ1n) is 8.73. The van der Waals surface area contributed by atoms with E-state index >= 15 is 0 Å². The smallest absolute Gasteiger partial charge is 0.376 e. The Bertz CT molecular complexity index is 792. The Morgan fingerprint density at radius 1 is 1.04 bits per heavy atom. The summed E-state index contributed by atoms with van der Waals surface area (Å²) in [6.45, 7) is 0.542. The first-order chi connectivity index (χ1) is 13.1. The lowest BCUT2D eigenvalue weighted by atomic mass is 10.1. The summed E-state index contributed by atoms with van der Waals surface area (Å²) in [5, 5.41) is 5.41. The lowest BCUT2D eigenvalue weighted by Gasteiger charge is -2.24. The van der Waals surface area contributed by atoms with Crippen molar-refractivity contribution in [1.29, 1.82) is 0 Å². The standard InChI is InChI=1S/C20H25F3N4O/c1-26(2)13-17(14-8-6-5-7-9-14)25-19(28)24-16-12-15(20(21,22)23)10-11-18(16)27(3)4/h5-12,17H,13H2,1-4H3,(H2,24,25,28). The predicted molar refractivity (Wildman–Crippen MR) is 106 cm³/mol. The van der Waals surface area contributed by atoms with E-state index in [1.165, 1.54) is 6.07 Å². The van der Waals surface area contributed by atoms with Gasteiger partial charge in [0.15, 0.2) is 0 Å². The number of urea groups is 1. The second kappa shape index (κ2) is 8.97. The lowest BCUT2D eigenvalue weighted by Crippen LogP contribution is -2.38. The highest BCUT2D eigenvalue weighted by Gasteiger charge is 2.31. The highest BCUT2D eigenvalue weighted by atomic mass is 19.4. The monoisotopic (exact) mass is 394 g/mol. The molecule has 0 bridgehead atoms. The van der Waals surface area contributed by atoms with E-state index in [9.17, 15) is 18.0 Å². The number of carbonyl (C=O) groups excluding carboxylic acids is 1. The van der Waals surface area contributed by atoms with Gasteiger partial charge in [-0.05, 0) is 37.9 Å². The maximum Gasteiger partial charge on any atom is 0.416 e. The molecule has 0 radical (unpaired) electrons. The topological polar surface area (TPSA) is 47.6 Å². The van der Waals surface area contributed by atoms with Crippen molar-refractivity contribution in [2.45, 2.75) is 12.2 Å². The minimum absolute atomic E-state index is 0.0917. The zero-order valence-electron chi connectivity index (χ0n) is 16.3. The van der Waals surface area contributed by atoms with Crippen LogP contribution in [0.1, 0.15) is 17.2 Å². The molecule has 8 heteroatoms. The molecule has 2 N–H and O–H groups in total. The van der Waals surface area contributed by atoms with Gasteiger partial charge in [-0.1, -0.05) is 30.3 Å². The van der Waals surface area contributed by atoms with Crippen molar-refractivity contribution in [1.82, 2.24) is 10.2 Å². The van der Waals surface area contributed by atoms with Crippen molar-refractivity contribution in [2.75, 3.05) is 45.0 Å². The minimum Gasteiger partial charge on any atom is -0.376 e. The van der Waals surface area contributed by atoms with Gasteiger partial charge in [-0.2, -0.15) is 13.2 Å². The van der Waals surface area contributed by atoms with Crippen LogP contribution < -0.4 is 15.5 Å². The molecular formula is C20H25F3N4O. The molecule has 2 aromatic rings. The summed E-state index contributed by atoms with van der Waals surface area (Å²) in [5.41, 5.74) is 0.658. The molecule has 2 amide bonds. The molecule has 0 aliphatic carbocycles. The van der Waals surface area contributed by atoms with Crippen molar-refractivity contribution in [3.63, 3.8) is 0 Å². The van der Waals surface area contributed by atoms with E-state index in [4.69, 9.17) is 0 Å². The van der Waals surface area contributed by atoms with Gasteiger partial charge >= 0.3 is 12.2 Å². The fourth-order valence-electron chi connectivity index (χ4n) is 2.80. The Morgan fingerprint density at radius 2 is 1.68 bits per heavy atom. The van der Waals surface area contributed by atoms with Crippen molar-refractivity contribution >= 4 is 17.4 Å². The fraction of sp³-hybridized carbons (Fsp3) is 0.350. The molecule has 0 saturated heterocycles. The highest BCUT2D eigenvalue weighted by Crippen LogP contribution is 2.35. The number of halogens is 3. The van der Waals surface area contributed by atoms with Crippen LogP contribution in [0.3, 0.4) is 0 Å². The van der Waals surface area contributed by atoms with Gasteiger partial charge in [0.25, 0.3) is 0 Å². The maximum atomic E-state index is 13.1. The van der Waals surface area contributed by atoms with Crippen molar-refractivity contribution in [3.8, 4) is 0 Å². The van der Waals surface area contributed by atoms with E-state index in [0.29, 0.717) is 12.2 Å². The van der Waals surface area contributed by atoms with Gasteiger partial charge in [-0.15, -0.1) is 0 Å². The number of hydrogen-bond acceptors (Lipinski definition) is 3. The Balaban J connectivity index is 2.24. The summed E-state index contributed by atoms with van der Waals surface area (Å²) >= 11 is 0.